The third-order valence-electron chi connectivity index (χ3n) is 8.98. The SMILES string of the molecule is O=c1c(O[C@@H]2O[C@H](CO)[C@@H](O)[C@H](O)[C@H]2O[C@@H]2O[C@H](CO)[C@@H](O)[C@H](O)[C@H]2O)c(-c2ccc(O)cc2)oc2cc(O[C@@H]3O[C@@H](CO)[C@H](O)[C@H]3O)cc(O)c12. The fourth-order valence-corrected chi connectivity index (χ4v) is 6.08. The molecule has 14 atom stereocenters. The molecule has 20 heteroatoms. The highest BCUT2D eigenvalue weighted by Gasteiger charge is 2.52. The zero-order chi connectivity index (χ0) is 37.6. The highest BCUT2D eigenvalue weighted by molar-refractivity contribution is 5.88. The van der Waals surface area contributed by atoms with Gasteiger partial charge in [0.25, 0.3) is 0 Å². The molecule has 3 saturated heterocycles. The average molecular weight is 743 g/mol. The van der Waals surface area contributed by atoms with Crippen LogP contribution in [0, 0.1) is 0 Å². The summed E-state index contributed by atoms with van der Waals surface area (Å²) in [7, 11) is 0. The number of aromatic hydroxyl groups is 2. The lowest BCUT2D eigenvalue weighted by Gasteiger charge is -2.45. The second-order valence-corrected chi connectivity index (χ2v) is 12.4. The molecule has 286 valence electrons. The molecule has 0 bridgehead atoms. The van der Waals surface area contributed by atoms with Crippen LogP contribution in [-0.2, 0) is 18.9 Å². The first-order chi connectivity index (χ1) is 24.8. The highest BCUT2D eigenvalue weighted by Crippen LogP contribution is 2.39. The quantitative estimate of drug-likeness (QED) is 0.0934. The molecular formula is C32H38O20. The number of aliphatic hydroxyl groups excluding tert-OH is 10. The van der Waals surface area contributed by atoms with E-state index in [1.807, 2.05) is 0 Å². The first-order valence-corrected chi connectivity index (χ1v) is 15.9. The van der Waals surface area contributed by atoms with Gasteiger partial charge >= 0.3 is 0 Å². The molecule has 3 fully saturated rings. The minimum absolute atomic E-state index is 0.0996. The molecule has 0 spiro atoms. The average Bonchev–Trinajstić information content (AvgIpc) is 3.39. The molecule has 0 unspecified atom stereocenters. The lowest BCUT2D eigenvalue weighted by molar-refractivity contribution is -0.358. The van der Waals surface area contributed by atoms with E-state index in [-0.39, 0.29) is 28.4 Å². The number of phenols is 2. The van der Waals surface area contributed by atoms with Crippen molar-refractivity contribution < 1.29 is 94.1 Å². The first-order valence-electron chi connectivity index (χ1n) is 15.9. The van der Waals surface area contributed by atoms with Crippen LogP contribution in [-0.4, -0.2) is 167 Å². The standard InChI is InChI=1S/C32H38O20/c33-7-15-19(38)23(42)26(45)31(49-15)52-29-24(43)20(39)16(8-34)50-32(29)51-28-22(41)18-13(37)5-12(46-30-25(44)21(40)17(9-35)48-30)6-14(18)47-27(28)10-1-3-11(36)4-2-10/h1-6,15-17,19-21,23-26,29-40,42-45H,7-9H2/t15-,16-,17+,19-,20-,21+,23+,24+,25-,26-,29-,30-,31+,32+/m1/s1. The van der Waals surface area contributed by atoms with Crippen molar-refractivity contribution in [3.63, 3.8) is 0 Å². The molecule has 0 amide bonds. The fraction of sp³-hybridized carbons (Fsp3) is 0.531. The van der Waals surface area contributed by atoms with E-state index in [0.717, 1.165) is 12.1 Å². The van der Waals surface area contributed by atoms with Crippen molar-refractivity contribution in [2.45, 2.75) is 86.0 Å². The summed E-state index contributed by atoms with van der Waals surface area (Å²) < 4.78 is 39.6. The van der Waals surface area contributed by atoms with Gasteiger partial charge in [0.15, 0.2) is 18.2 Å². The molecule has 3 aliphatic heterocycles. The van der Waals surface area contributed by atoms with Gasteiger partial charge in [0.05, 0.1) is 19.8 Å². The van der Waals surface area contributed by atoms with Gasteiger partial charge in [-0.3, -0.25) is 4.79 Å². The Kier molecular flexibility index (Phi) is 11.2. The zero-order valence-electron chi connectivity index (χ0n) is 26.8. The Morgan fingerprint density at radius 1 is 0.615 bits per heavy atom. The summed E-state index contributed by atoms with van der Waals surface area (Å²) in [5.74, 6) is -2.18. The van der Waals surface area contributed by atoms with Crippen LogP contribution in [0.4, 0.5) is 0 Å². The maximum Gasteiger partial charge on any atom is 0.239 e. The second kappa shape index (κ2) is 15.3. The molecule has 12 N–H and O–H groups in total. The van der Waals surface area contributed by atoms with E-state index in [4.69, 9.17) is 32.8 Å². The van der Waals surface area contributed by atoms with Crippen LogP contribution in [0.2, 0.25) is 0 Å². The van der Waals surface area contributed by atoms with Gasteiger partial charge in [0, 0.05) is 17.7 Å². The van der Waals surface area contributed by atoms with Crippen LogP contribution < -0.4 is 14.9 Å². The third kappa shape index (κ3) is 7.02. The minimum Gasteiger partial charge on any atom is -0.508 e. The summed E-state index contributed by atoms with van der Waals surface area (Å²) in [5, 5.41) is 122. The third-order valence-corrected chi connectivity index (χ3v) is 8.98. The normalized spacial score (nSPS) is 36.6. The molecular weight excluding hydrogens is 704 g/mol. The molecule has 4 heterocycles. The molecule has 3 aromatic rings. The minimum atomic E-state index is -1.99. The highest BCUT2D eigenvalue weighted by atomic mass is 16.8. The Labute approximate surface area is 292 Å². The fourth-order valence-electron chi connectivity index (χ4n) is 6.08. The summed E-state index contributed by atoms with van der Waals surface area (Å²) in [4.78, 5) is 14.2. The molecule has 6 rings (SSSR count). The Morgan fingerprint density at radius 3 is 1.77 bits per heavy atom. The largest absolute Gasteiger partial charge is 0.508 e. The van der Waals surface area contributed by atoms with Crippen molar-refractivity contribution in [1.82, 2.24) is 0 Å². The predicted octanol–water partition coefficient (Wildman–Crippen LogP) is -4.31. The van der Waals surface area contributed by atoms with Crippen molar-refractivity contribution in [1.29, 1.82) is 0 Å². The van der Waals surface area contributed by atoms with Crippen LogP contribution in [0.5, 0.6) is 23.0 Å². The van der Waals surface area contributed by atoms with E-state index in [1.54, 1.807) is 0 Å². The molecule has 0 aliphatic carbocycles. The predicted molar refractivity (Wildman–Crippen MR) is 167 cm³/mol. The number of rotatable bonds is 10. The van der Waals surface area contributed by atoms with Crippen molar-refractivity contribution in [2.24, 2.45) is 0 Å². The van der Waals surface area contributed by atoms with Crippen LogP contribution in [0.25, 0.3) is 22.3 Å². The summed E-state index contributed by atoms with van der Waals surface area (Å²) >= 11 is 0. The number of benzene rings is 2. The summed E-state index contributed by atoms with van der Waals surface area (Å²) in [6.45, 7) is -2.34. The van der Waals surface area contributed by atoms with Crippen molar-refractivity contribution >= 4 is 11.0 Å². The molecule has 0 radical (unpaired) electrons. The summed E-state index contributed by atoms with van der Waals surface area (Å²) in [6, 6.07) is 7.23. The van der Waals surface area contributed by atoms with E-state index in [1.165, 1.54) is 24.3 Å². The van der Waals surface area contributed by atoms with Gasteiger partial charge in [-0.1, -0.05) is 0 Å². The van der Waals surface area contributed by atoms with Crippen molar-refractivity contribution in [3.05, 3.63) is 46.6 Å². The molecule has 0 saturated carbocycles. The van der Waals surface area contributed by atoms with Crippen LogP contribution in [0.3, 0.4) is 0 Å². The number of ether oxygens (including phenoxy) is 6. The Hall–Kier alpha value is -3.71. The van der Waals surface area contributed by atoms with Gasteiger partial charge in [-0.05, 0) is 24.3 Å². The summed E-state index contributed by atoms with van der Waals surface area (Å²) in [6.07, 6.45) is -23.9. The van der Waals surface area contributed by atoms with Crippen molar-refractivity contribution in [3.8, 4) is 34.3 Å². The van der Waals surface area contributed by atoms with Crippen LogP contribution >= 0.6 is 0 Å². The zero-order valence-corrected chi connectivity index (χ0v) is 26.8. The lowest BCUT2D eigenvalue weighted by atomic mass is 9.97. The van der Waals surface area contributed by atoms with E-state index < -0.39 is 128 Å². The van der Waals surface area contributed by atoms with Gasteiger partial charge in [0.2, 0.25) is 23.8 Å². The summed E-state index contributed by atoms with van der Waals surface area (Å²) in [5.41, 5.74) is -1.27. The van der Waals surface area contributed by atoms with Gasteiger partial charge in [-0.15, -0.1) is 0 Å². The maximum absolute atomic E-state index is 14.2. The molecule has 3 aliphatic rings. The second-order valence-electron chi connectivity index (χ2n) is 12.4. The maximum atomic E-state index is 14.2. The van der Waals surface area contributed by atoms with E-state index in [9.17, 15) is 66.1 Å². The van der Waals surface area contributed by atoms with E-state index in [0.29, 0.717) is 0 Å². The Balaban J connectivity index is 1.41. The smallest absolute Gasteiger partial charge is 0.239 e. The molecule has 1 aromatic heterocycles. The van der Waals surface area contributed by atoms with E-state index >= 15 is 0 Å². The first kappa shape index (κ1) is 38.0. The van der Waals surface area contributed by atoms with Gasteiger partial charge < -0.3 is 94.1 Å². The van der Waals surface area contributed by atoms with Gasteiger partial charge in [-0.2, -0.15) is 0 Å². The van der Waals surface area contributed by atoms with E-state index in [2.05, 4.69) is 0 Å². The monoisotopic (exact) mass is 742 g/mol. The Bertz CT molecular complexity index is 1750. The van der Waals surface area contributed by atoms with Gasteiger partial charge in [-0.25, -0.2) is 0 Å². The molecule has 2 aromatic carbocycles. The number of hydrogen-bond acceptors (Lipinski definition) is 20. The number of aliphatic hydroxyl groups is 10. The van der Waals surface area contributed by atoms with Gasteiger partial charge in [0.1, 0.15) is 89.3 Å². The Morgan fingerprint density at radius 2 is 1.15 bits per heavy atom. The number of phenolic OH excluding ortho intramolecular Hbond substituents is 2. The topological polar surface area (TPSA) is 328 Å². The number of hydrogen-bond donors (Lipinski definition) is 12. The van der Waals surface area contributed by atoms with Crippen LogP contribution in [0.15, 0.2) is 45.6 Å². The number of fused-ring (bicyclic) bond motifs is 1. The molecule has 20 nitrogen and oxygen atoms in total. The van der Waals surface area contributed by atoms with Crippen molar-refractivity contribution in [2.75, 3.05) is 19.8 Å². The molecule has 52 heavy (non-hydrogen) atoms. The van der Waals surface area contributed by atoms with Crippen LogP contribution in [0.1, 0.15) is 0 Å². The lowest BCUT2D eigenvalue weighted by Crippen LogP contribution is -2.65.